The van der Waals surface area contributed by atoms with Gasteiger partial charge in [0.05, 0.1) is 11.5 Å². The van der Waals surface area contributed by atoms with Gasteiger partial charge in [0, 0.05) is 51.0 Å². The highest BCUT2D eigenvalue weighted by molar-refractivity contribution is 8.15. The molecular formula is C39H59N7O11S3. The van der Waals surface area contributed by atoms with Crippen molar-refractivity contribution in [3.05, 3.63) is 104 Å². The Morgan fingerprint density at radius 1 is 0.767 bits per heavy atom. The quantitative estimate of drug-likeness (QED) is 0.106. The van der Waals surface area contributed by atoms with E-state index in [1.54, 1.807) is 6.07 Å². The molecule has 6 rings (SSSR count). The predicted molar refractivity (Wildman–Crippen MR) is 235 cm³/mol. The maximum atomic E-state index is 11.1. The monoisotopic (exact) mass is 897 g/mol. The lowest BCUT2D eigenvalue weighted by Crippen LogP contribution is -2.27. The van der Waals surface area contributed by atoms with E-state index in [-0.39, 0.29) is 78.3 Å². The van der Waals surface area contributed by atoms with Crippen molar-refractivity contribution in [1.82, 2.24) is 33.7 Å². The molecule has 5 aromatic heterocycles. The number of nitrogens with one attached hydrogen (secondary N) is 5. The van der Waals surface area contributed by atoms with Gasteiger partial charge in [-0.3, -0.25) is 52.3 Å². The Morgan fingerprint density at radius 2 is 1.38 bits per heavy atom. The summed E-state index contributed by atoms with van der Waals surface area (Å²) in [5.74, 6) is 0.864. The van der Waals surface area contributed by atoms with Gasteiger partial charge in [-0.1, -0.05) is 132 Å². The van der Waals surface area contributed by atoms with Gasteiger partial charge in [0.1, 0.15) is 17.7 Å². The minimum Gasteiger partial charge on any atom is -0.502 e. The molecule has 5 aromatic rings. The average Bonchev–Trinajstić information content (AvgIpc) is 3.96. The SMILES string of the molecule is CC(C)(C)c1cc(=O)[nH]o1.CC(C)(C)c1cc(=O)[nH]s1.CC(C)(C)c1ns[nH]c1=O.CC(C)C1SC(=O)NC1=O.CC(C)c1cocc(O)c1=O.CC(C)c1noc(=O)[nH]1. The van der Waals surface area contributed by atoms with Crippen LogP contribution in [-0.2, 0) is 21.0 Å². The number of hydrogen-bond donors (Lipinski definition) is 6. The van der Waals surface area contributed by atoms with Gasteiger partial charge < -0.3 is 14.0 Å². The molecule has 334 valence electrons. The lowest BCUT2D eigenvalue weighted by Gasteiger charge is -2.13. The number of amides is 2. The number of aromatic nitrogens is 6. The van der Waals surface area contributed by atoms with Gasteiger partial charge in [-0.05, 0) is 17.3 Å². The highest BCUT2D eigenvalue weighted by atomic mass is 32.2. The lowest BCUT2D eigenvalue weighted by molar-refractivity contribution is -0.119. The number of thioether (sulfide) groups is 1. The Morgan fingerprint density at radius 3 is 1.63 bits per heavy atom. The van der Waals surface area contributed by atoms with E-state index in [1.807, 2.05) is 83.1 Å². The number of aromatic hydroxyl groups is 1. The standard InChI is InChI=1S/C8H10O3.C7H11NO2.C7H11NOS.C6H10N2OS.C6H9NO2S.C5H8N2O2/c1-5(2)6-3-11-4-7(9)8(6)10;2*1-7(2,3)5-4-6(9)8-10-5;1-6(2,3)4-5(9)8-10-7-4;1-3(2)4-5(8)7-6(9)10-4;1-3(2)4-6-5(8)9-7-4/h3-5,9H,1-2H3;2*4H,1-3H3,(H,8,9);1-3H3,(H,8,9);3-4H,1-2H3,(H,7,8,9);3H,1-2H3,(H,6,7,8). The van der Waals surface area contributed by atoms with Crippen LogP contribution < -0.4 is 33.2 Å². The number of imide groups is 1. The summed E-state index contributed by atoms with van der Waals surface area (Å²) in [6.45, 7) is 29.6. The fourth-order valence-electron chi connectivity index (χ4n) is 4.11. The van der Waals surface area contributed by atoms with Gasteiger partial charge in [0.25, 0.3) is 21.9 Å². The van der Waals surface area contributed by atoms with Crippen LogP contribution in [-0.4, -0.2) is 49.9 Å². The molecule has 1 fully saturated rings. The van der Waals surface area contributed by atoms with E-state index in [2.05, 4.69) is 59.0 Å². The molecule has 2 amide bonds. The molecule has 6 N–H and O–H groups in total. The highest BCUT2D eigenvalue weighted by Gasteiger charge is 2.33. The molecule has 0 radical (unpaired) electrons. The van der Waals surface area contributed by atoms with E-state index in [1.165, 1.54) is 23.9 Å². The predicted octanol–water partition coefficient (Wildman–Crippen LogP) is 7.08. The van der Waals surface area contributed by atoms with E-state index in [4.69, 9.17) is 14.0 Å². The van der Waals surface area contributed by atoms with Gasteiger partial charge in [-0.15, -0.1) is 0 Å². The number of H-pyrrole nitrogens is 4. The first-order valence-corrected chi connectivity index (χ1v) is 21.2. The molecule has 0 aromatic carbocycles. The third-order valence-electron chi connectivity index (χ3n) is 7.55. The first-order chi connectivity index (χ1) is 27.4. The van der Waals surface area contributed by atoms with Crippen molar-refractivity contribution in [3.8, 4) is 5.75 Å². The minimum atomic E-state index is -0.487. The van der Waals surface area contributed by atoms with Crippen LogP contribution in [0.2, 0.25) is 0 Å². The summed E-state index contributed by atoms with van der Waals surface area (Å²) in [7, 11) is 0. The maximum absolute atomic E-state index is 11.1. The third-order valence-corrected chi connectivity index (χ3v) is 10.7. The van der Waals surface area contributed by atoms with Crippen molar-refractivity contribution >= 4 is 46.2 Å². The summed E-state index contributed by atoms with van der Waals surface area (Å²) in [6.07, 6.45) is 2.40. The Labute approximate surface area is 359 Å². The van der Waals surface area contributed by atoms with Gasteiger partial charge in [-0.2, -0.15) is 9.53 Å². The number of aromatic amines is 4. The molecule has 6 heterocycles. The first-order valence-electron chi connectivity index (χ1n) is 18.7. The van der Waals surface area contributed by atoms with Crippen LogP contribution in [0.3, 0.4) is 0 Å². The number of hydrogen-bond acceptors (Lipinski definition) is 16. The van der Waals surface area contributed by atoms with Crippen LogP contribution in [0.1, 0.15) is 143 Å². The van der Waals surface area contributed by atoms with Crippen LogP contribution in [0.15, 0.2) is 62.1 Å². The zero-order valence-corrected chi connectivity index (χ0v) is 39.2. The number of carbonyl (C=O) groups excluding carboxylic acids is 2. The molecule has 1 aliphatic heterocycles. The number of carbonyl (C=O) groups is 2. The molecule has 0 bridgehead atoms. The lowest BCUT2D eigenvalue weighted by atomic mass is 9.93. The minimum absolute atomic E-state index is 0.00919. The Balaban J connectivity index is 0.000000360. The normalized spacial score (nSPS) is 13.7. The maximum Gasteiger partial charge on any atom is 0.438 e. The molecule has 1 saturated heterocycles. The molecule has 21 heteroatoms. The zero-order chi connectivity index (χ0) is 46.3. The molecular weight excluding hydrogens is 839 g/mol. The molecule has 0 aliphatic carbocycles. The third kappa shape index (κ3) is 18.5. The smallest absolute Gasteiger partial charge is 0.438 e. The largest absolute Gasteiger partial charge is 0.502 e. The fraction of sp³-hybridized carbons (Fsp3) is 0.564. The zero-order valence-electron chi connectivity index (χ0n) is 36.8. The van der Waals surface area contributed by atoms with Gasteiger partial charge >= 0.3 is 5.76 Å². The van der Waals surface area contributed by atoms with Crippen molar-refractivity contribution < 1.29 is 28.2 Å². The molecule has 1 atom stereocenters. The summed E-state index contributed by atoms with van der Waals surface area (Å²) in [5.41, 5.74) is 0.447. The van der Waals surface area contributed by atoms with E-state index in [0.29, 0.717) is 22.8 Å². The summed E-state index contributed by atoms with van der Waals surface area (Å²) in [6, 6.07) is 3.13. The number of nitrogens with zero attached hydrogens (tertiary/aromatic N) is 2. The second-order valence-corrected chi connectivity index (χ2v) is 19.8. The molecule has 18 nitrogen and oxygen atoms in total. The van der Waals surface area contributed by atoms with Crippen LogP contribution in [0.5, 0.6) is 5.75 Å². The van der Waals surface area contributed by atoms with E-state index in [0.717, 1.165) is 34.6 Å². The summed E-state index contributed by atoms with van der Waals surface area (Å²) < 4.78 is 23.1. The van der Waals surface area contributed by atoms with Gasteiger partial charge in [0.15, 0.2) is 11.6 Å². The first kappa shape index (κ1) is 53.0. The second kappa shape index (κ2) is 23.1. The van der Waals surface area contributed by atoms with Crippen molar-refractivity contribution in [2.75, 3.05) is 0 Å². The Kier molecular flexibility index (Phi) is 20.4. The van der Waals surface area contributed by atoms with Crippen molar-refractivity contribution in [1.29, 1.82) is 0 Å². The van der Waals surface area contributed by atoms with Crippen molar-refractivity contribution in [2.45, 2.75) is 137 Å². The second-order valence-electron chi connectivity index (χ2n) is 17.3. The van der Waals surface area contributed by atoms with E-state index >= 15 is 0 Å². The summed E-state index contributed by atoms with van der Waals surface area (Å²) in [4.78, 5) is 78.7. The molecule has 1 aliphatic rings. The topological polar surface area (TPSA) is 280 Å². The highest BCUT2D eigenvalue weighted by Crippen LogP contribution is 2.25. The van der Waals surface area contributed by atoms with Gasteiger partial charge in [0.2, 0.25) is 11.3 Å². The van der Waals surface area contributed by atoms with E-state index in [9.17, 15) is 33.6 Å². The molecule has 0 saturated carbocycles. The van der Waals surface area contributed by atoms with Gasteiger partial charge in [-0.25, -0.2) is 4.79 Å². The van der Waals surface area contributed by atoms with Crippen molar-refractivity contribution in [2.24, 2.45) is 5.92 Å². The fourth-order valence-corrected chi connectivity index (χ4v) is 6.35. The number of rotatable bonds is 3. The van der Waals surface area contributed by atoms with Crippen molar-refractivity contribution in [3.63, 3.8) is 0 Å². The Bertz CT molecular complexity index is 2310. The molecule has 1 unspecified atom stereocenters. The summed E-state index contributed by atoms with van der Waals surface area (Å²) in [5, 5.41) is 16.5. The molecule has 60 heavy (non-hydrogen) atoms. The van der Waals surface area contributed by atoms with Crippen LogP contribution >= 0.6 is 35.0 Å². The van der Waals surface area contributed by atoms with Crippen LogP contribution in [0.25, 0.3) is 0 Å². The summed E-state index contributed by atoms with van der Waals surface area (Å²) >= 11 is 3.61. The van der Waals surface area contributed by atoms with E-state index < -0.39 is 5.76 Å². The van der Waals surface area contributed by atoms with Crippen LogP contribution in [0.4, 0.5) is 4.79 Å². The average molecular weight is 898 g/mol. The molecule has 0 spiro atoms. The Hall–Kier alpha value is -5.02. The van der Waals surface area contributed by atoms with Crippen LogP contribution in [0, 0.1) is 5.92 Å².